The van der Waals surface area contributed by atoms with Crippen LogP contribution in [-0.2, 0) is 14.4 Å². The Hall–Kier alpha value is -1.11. The van der Waals surface area contributed by atoms with E-state index in [4.69, 9.17) is 15.9 Å². The van der Waals surface area contributed by atoms with Gasteiger partial charge in [-0.25, -0.2) is 0 Å². The third-order valence-electron chi connectivity index (χ3n) is 1.84. The number of aliphatic carboxylic acids is 2. The molecule has 1 amide bonds. The van der Waals surface area contributed by atoms with Crippen molar-refractivity contribution in [3.8, 4) is 0 Å². The fourth-order valence-electron chi connectivity index (χ4n) is 0.986. The molecule has 0 fully saturated rings. The first-order valence-corrected chi connectivity index (χ1v) is 7.33. The van der Waals surface area contributed by atoms with Gasteiger partial charge >= 0.3 is 105 Å². The summed E-state index contributed by atoms with van der Waals surface area (Å²) in [6, 6.07) is -1.80. The standard InChI is InChI=1S/C9H16N2O5Se/c1-5(12)11-7(9(15)16)2-3-17-4-6(10)8(13)14/h6-7H,2-4,10H2,1H3,(H,11,12)(H,13,14)(H,15,16)/t6?,7-/m0/s1. The first-order valence-electron chi connectivity index (χ1n) is 4.90. The second-order valence-electron chi connectivity index (χ2n) is 3.40. The Morgan fingerprint density at radius 1 is 1.29 bits per heavy atom. The van der Waals surface area contributed by atoms with E-state index in [1.54, 1.807) is 0 Å². The molecule has 5 N–H and O–H groups in total. The van der Waals surface area contributed by atoms with Gasteiger partial charge in [0.2, 0.25) is 0 Å². The molecule has 0 aromatic carbocycles. The Labute approximate surface area is 105 Å². The summed E-state index contributed by atoms with van der Waals surface area (Å²) in [5.41, 5.74) is 5.30. The van der Waals surface area contributed by atoms with Gasteiger partial charge in [-0.1, -0.05) is 0 Å². The van der Waals surface area contributed by atoms with Gasteiger partial charge in [-0.2, -0.15) is 0 Å². The number of carboxylic acids is 2. The number of hydrogen-bond acceptors (Lipinski definition) is 4. The van der Waals surface area contributed by atoms with Gasteiger partial charge in [0.15, 0.2) is 0 Å². The van der Waals surface area contributed by atoms with Crippen LogP contribution in [0.15, 0.2) is 0 Å². The minimum atomic E-state index is -1.08. The number of carboxylic acid groups (broad SMARTS) is 2. The van der Waals surface area contributed by atoms with Gasteiger partial charge in [-0.15, -0.1) is 0 Å². The summed E-state index contributed by atoms with van der Waals surface area (Å²) in [6.07, 6.45) is 0.293. The topological polar surface area (TPSA) is 130 Å². The van der Waals surface area contributed by atoms with Crippen molar-refractivity contribution < 1.29 is 24.6 Å². The van der Waals surface area contributed by atoms with Gasteiger partial charge in [0.1, 0.15) is 0 Å². The van der Waals surface area contributed by atoms with E-state index in [9.17, 15) is 14.4 Å². The van der Waals surface area contributed by atoms with Crippen LogP contribution in [0.5, 0.6) is 0 Å². The third-order valence-corrected chi connectivity index (χ3v) is 4.19. The van der Waals surface area contributed by atoms with Crippen molar-refractivity contribution in [2.45, 2.75) is 36.1 Å². The Morgan fingerprint density at radius 3 is 2.29 bits per heavy atom. The normalized spacial score (nSPS) is 13.8. The molecular formula is C9H16N2O5Se. The van der Waals surface area contributed by atoms with Gasteiger partial charge in [0.05, 0.1) is 0 Å². The Morgan fingerprint density at radius 2 is 1.88 bits per heavy atom. The van der Waals surface area contributed by atoms with Crippen molar-refractivity contribution >= 4 is 32.8 Å². The van der Waals surface area contributed by atoms with Crippen molar-refractivity contribution in [2.24, 2.45) is 5.73 Å². The van der Waals surface area contributed by atoms with Crippen molar-refractivity contribution in [1.82, 2.24) is 5.32 Å². The minimum absolute atomic E-state index is 0.0377. The van der Waals surface area contributed by atoms with Crippen LogP contribution in [0.25, 0.3) is 0 Å². The van der Waals surface area contributed by atoms with Crippen LogP contribution < -0.4 is 11.1 Å². The van der Waals surface area contributed by atoms with Gasteiger partial charge in [0.25, 0.3) is 0 Å². The number of rotatable bonds is 8. The summed E-state index contributed by atoms with van der Waals surface area (Å²) in [5.74, 6) is -2.53. The number of nitrogens with two attached hydrogens (primary N) is 1. The SMILES string of the molecule is CC(=O)N[C@@H](CC[Se]CC(N)C(=O)O)C(=O)O. The van der Waals surface area contributed by atoms with E-state index >= 15 is 0 Å². The molecule has 98 valence electrons. The van der Waals surface area contributed by atoms with Crippen LogP contribution in [0.3, 0.4) is 0 Å². The van der Waals surface area contributed by atoms with Gasteiger partial charge in [0, 0.05) is 0 Å². The van der Waals surface area contributed by atoms with E-state index in [1.165, 1.54) is 6.92 Å². The van der Waals surface area contributed by atoms with E-state index in [2.05, 4.69) is 5.32 Å². The molecule has 0 aromatic heterocycles. The van der Waals surface area contributed by atoms with Gasteiger partial charge < -0.3 is 0 Å². The van der Waals surface area contributed by atoms with Crippen LogP contribution in [0.4, 0.5) is 0 Å². The molecule has 0 radical (unpaired) electrons. The molecule has 0 saturated carbocycles. The molecule has 0 heterocycles. The Balaban J connectivity index is 3.87. The molecule has 0 aromatic rings. The molecule has 0 saturated heterocycles. The molecule has 17 heavy (non-hydrogen) atoms. The van der Waals surface area contributed by atoms with Crippen molar-refractivity contribution in [3.63, 3.8) is 0 Å². The van der Waals surface area contributed by atoms with E-state index in [1.807, 2.05) is 0 Å². The van der Waals surface area contributed by atoms with E-state index in [-0.39, 0.29) is 15.0 Å². The van der Waals surface area contributed by atoms with Crippen molar-refractivity contribution in [2.75, 3.05) is 0 Å². The van der Waals surface area contributed by atoms with Crippen LogP contribution in [0.1, 0.15) is 13.3 Å². The molecule has 2 atom stereocenters. The fraction of sp³-hybridized carbons (Fsp3) is 0.667. The maximum absolute atomic E-state index is 10.7. The molecular weight excluding hydrogens is 295 g/mol. The molecule has 1 unspecified atom stereocenters. The zero-order valence-corrected chi connectivity index (χ0v) is 11.1. The molecule has 7 nitrogen and oxygen atoms in total. The molecule has 0 aliphatic rings. The monoisotopic (exact) mass is 312 g/mol. The van der Waals surface area contributed by atoms with Crippen molar-refractivity contribution in [1.29, 1.82) is 0 Å². The van der Waals surface area contributed by atoms with Crippen LogP contribution in [-0.4, -0.2) is 55.1 Å². The number of carbonyl (C=O) groups is 3. The van der Waals surface area contributed by atoms with E-state index in [0.29, 0.717) is 17.1 Å². The van der Waals surface area contributed by atoms with Crippen LogP contribution >= 0.6 is 0 Å². The number of nitrogens with one attached hydrogen (secondary N) is 1. The summed E-state index contributed by atoms with van der Waals surface area (Å²) < 4.78 is 0. The van der Waals surface area contributed by atoms with Crippen LogP contribution in [0, 0.1) is 0 Å². The first-order chi connectivity index (χ1) is 7.84. The zero-order valence-electron chi connectivity index (χ0n) is 9.38. The van der Waals surface area contributed by atoms with Crippen LogP contribution in [0.2, 0.25) is 10.6 Å². The summed E-state index contributed by atoms with van der Waals surface area (Å²) in [6.45, 7) is 1.25. The molecule has 0 spiro atoms. The predicted molar refractivity (Wildman–Crippen MR) is 60.8 cm³/mol. The molecule has 8 heteroatoms. The fourth-order valence-corrected chi connectivity index (χ4v) is 3.01. The zero-order chi connectivity index (χ0) is 13.4. The average Bonchev–Trinajstić information content (AvgIpc) is 2.21. The van der Waals surface area contributed by atoms with Gasteiger partial charge in [-0.05, 0) is 0 Å². The maximum atomic E-state index is 10.7. The number of amides is 1. The molecule has 0 aliphatic carbocycles. The Bertz CT molecular complexity index is 297. The summed E-state index contributed by atoms with van der Waals surface area (Å²) >= 11 is -0.0377. The summed E-state index contributed by atoms with van der Waals surface area (Å²) in [7, 11) is 0. The van der Waals surface area contributed by atoms with E-state index < -0.39 is 29.9 Å². The second-order valence-corrected chi connectivity index (χ2v) is 5.81. The Kier molecular flexibility index (Phi) is 7.52. The second kappa shape index (κ2) is 8.05. The average molecular weight is 311 g/mol. The van der Waals surface area contributed by atoms with E-state index in [0.717, 1.165) is 0 Å². The summed E-state index contributed by atoms with van der Waals surface area (Å²) in [5, 5.41) is 20.6. The first kappa shape index (κ1) is 15.9. The third kappa shape index (κ3) is 7.73. The molecule has 0 aliphatic heterocycles. The summed E-state index contributed by atoms with van der Waals surface area (Å²) in [4.78, 5) is 31.9. The molecule has 0 bridgehead atoms. The van der Waals surface area contributed by atoms with Crippen molar-refractivity contribution in [3.05, 3.63) is 0 Å². The van der Waals surface area contributed by atoms with Gasteiger partial charge in [-0.3, -0.25) is 0 Å². The molecule has 0 rings (SSSR count). The number of carbonyl (C=O) groups excluding carboxylic acids is 1. The quantitative estimate of drug-likeness (QED) is 0.333. The number of hydrogen-bond donors (Lipinski definition) is 4. The predicted octanol–water partition coefficient (Wildman–Crippen LogP) is -1.08.